The van der Waals surface area contributed by atoms with Crippen LogP contribution in [0.2, 0.25) is 5.02 Å². The van der Waals surface area contributed by atoms with Gasteiger partial charge < -0.3 is 10.0 Å². The van der Waals surface area contributed by atoms with Crippen molar-refractivity contribution in [2.24, 2.45) is 0 Å². The molecular formula is C36H31ClFN3O3. The molecule has 6 nitrogen and oxygen atoms in total. The summed E-state index contributed by atoms with van der Waals surface area (Å²) in [6.45, 7) is 1.39. The Hall–Kier alpha value is -4.62. The van der Waals surface area contributed by atoms with E-state index in [1.54, 1.807) is 24.3 Å². The summed E-state index contributed by atoms with van der Waals surface area (Å²) in [5.41, 5.74) is 6.45. The topological polar surface area (TPSA) is 83.4 Å². The number of likely N-dealkylation sites (tertiary alicyclic amines) is 1. The Kier molecular flexibility index (Phi) is 8.66. The van der Waals surface area contributed by atoms with Gasteiger partial charge in [-0.3, -0.25) is 9.59 Å². The second-order valence-corrected chi connectivity index (χ2v) is 11.7. The Morgan fingerprint density at radius 2 is 1.57 bits per heavy atom. The van der Waals surface area contributed by atoms with E-state index in [2.05, 4.69) is 24.3 Å². The van der Waals surface area contributed by atoms with E-state index in [1.165, 1.54) is 17.7 Å². The summed E-state index contributed by atoms with van der Waals surface area (Å²) in [6.07, 6.45) is 2.46. The van der Waals surface area contributed by atoms with Crippen molar-refractivity contribution in [2.75, 3.05) is 13.1 Å². The van der Waals surface area contributed by atoms with Gasteiger partial charge in [-0.25, -0.2) is 14.4 Å². The first-order chi connectivity index (χ1) is 21.3. The average molecular weight is 608 g/mol. The van der Waals surface area contributed by atoms with E-state index in [0.29, 0.717) is 76.0 Å². The number of aliphatic carboxylic acids is 1. The molecule has 0 radical (unpaired) electrons. The van der Waals surface area contributed by atoms with Crippen molar-refractivity contribution < 1.29 is 19.1 Å². The molecule has 1 aliphatic heterocycles. The first-order valence-electron chi connectivity index (χ1n) is 14.7. The molecule has 0 aliphatic carbocycles. The van der Waals surface area contributed by atoms with Crippen molar-refractivity contribution >= 4 is 34.5 Å². The van der Waals surface area contributed by atoms with E-state index in [-0.39, 0.29) is 12.3 Å². The molecule has 5 aromatic rings. The Labute approximate surface area is 260 Å². The molecule has 44 heavy (non-hydrogen) atoms. The highest BCUT2D eigenvalue weighted by Gasteiger charge is 2.25. The molecule has 8 heteroatoms. The van der Waals surface area contributed by atoms with Crippen molar-refractivity contribution in [3.63, 3.8) is 0 Å². The second kappa shape index (κ2) is 12.9. The molecule has 2 heterocycles. The zero-order valence-corrected chi connectivity index (χ0v) is 24.8. The maximum absolute atomic E-state index is 14.3. The summed E-state index contributed by atoms with van der Waals surface area (Å²) in [6, 6.07) is 27.6. The molecule has 0 bridgehead atoms. The van der Waals surface area contributed by atoms with Gasteiger partial charge in [-0.15, -0.1) is 0 Å². The Morgan fingerprint density at radius 1 is 0.841 bits per heavy atom. The van der Waals surface area contributed by atoms with Gasteiger partial charge in [0.05, 0.1) is 28.8 Å². The number of fused-ring (bicyclic) bond motifs is 1. The molecule has 1 amide bonds. The van der Waals surface area contributed by atoms with Gasteiger partial charge in [0.15, 0.2) is 0 Å². The molecule has 6 rings (SSSR count). The zero-order valence-electron chi connectivity index (χ0n) is 24.0. The number of carbonyl (C=O) groups excluding carboxylic acids is 1. The Bertz CT molecular complexity index is 1820. The van der Waals surface area contributed by atoms with Crippen LogP contribution in [-0.4, -0.2) is 44.9 Å². The zero-order chi connectivity index (χ0) is 30.6. The minimum absolute atomic E-state index is 0.0192. The second-order valence-electron chi connectivity index (χ2n) is 11.2. The Balaban J connectivity index is 1.27. The van der Waals surface area contributed by atoms with Crippen LogP contribution in [0.25, 0.3) is 22.3 Å². The quantitative estimate of drug-likeness (QED) is 0.197. The van der Waals surface area contributed by atoms with E-state index in [9.17, 15) is 14.0 Å². The molecule has 1 N–H and O–H groups in total. The molecule has 1 aliphatic rings. The fourth-order valence-electron chi connectivity index (χ4n) is 5.96. The molecule has 0 spiro atoms. The third kappa shape index (κ3) is 6.79. The number of halogens is 2. The fraction of sp³-hybridized carbons (Fsp3) is 0.222. The SMILES string of the molecule is O=C(O)Cc1cc(F)cc(CCc2nc3cc(C(=O)N4CCC(c5ccccc5)CC4)ccc3nc2-c2ccc(Cl)cc2)c1. The van der Waals surface area contributed by atoms with Crippen LogP contribution < -0.4 is 0 Å². The summed E-state index contributed by atoms with van der Waals surface area (Å²) in [5, 5.41) is 9.77. The number of carboxylic acid groups (broad SMARTS) is 1. The van der Waals surface area contributed by atoms with Crippen LogP contribution in [0.15, 0.2) is 91.0 Å². The summed E-state index contributed by atoms with van der Waals surface area (Å²) in [4.78, 5) is 36.5. The molecule has 222 valence electrons. The first-order valence-corrected chi connectivity index (χ1v) is 15.1. The number of rotatable bonds is 8. The number of aromatic nitrogens is 2. The predicted octanol–water partition coefficient (Wildman–Crippen LogP) is 7.52. The van der Waals surface area contributed by atoms with Gasteiger partial charge in [0.1, 0.15) is 5.82 Å². The number of carboxylic acids is 1. The highest BCUT2D eigenvalue weighted by molar-refractivity contribution is 6.30. The lowest BCUT2D eigenvalue weighted by atomic mass is 9.89. The van der Waals surface area contributed by atoms with Crippen LogP contribution in [0.3, 0.4) is 0 Å². The third-order valence-electron chi connectivity index (χ3n) is 8.18. The number of amides is 1. The van der Waals surface area contributed by atoms with Gasteiger partial charge in [0.2, 0.25) is 0 Å². The van der Waals surface area contributed by atoms with Crippen LogP contribution in [0.1, 0.15) is 51.5 Å². The molecule has 0 atom stereocenters. The van der Waals surface area contributed by atoms with Crippen molar-refractivity contribution in [3.05, 3.63) is 130 Å². The monoisotopic (exact) mass is 607 g/mol. The average Bonchev–Trinajstić information content (AvgIpc) is 3.03. The van der Waals surface area contributed by atoms with Crippen LogP contribution in [0.5, 0.6) is 0 Å². The lowest BCUT2D eigenvalue weighted by molar-refractivity contribution is -0.136. The third-order valence-corrected chi connectivity index (χ3v) is 8.43. The minimum Gasteiger partial charge on any atom is -0.481 e. The van der Waals surface area contributed by atoms with E-state index in [4.69, 9.17) is 26.7 Å². The molecule has 1 aromatic heterocycles. The number of piperidine rings is 1. The molecule has 0 saturated carbocycles. The fourth-order valence-corrected chi connectivity index (χ4v) is 6.09. The van der Waals surface area contributed by atoms with E-state index < -0.39 is 11.8 Å². The minimum atomic E-state index is -1.02. The lowest BCUT2D eigenvalue weighted by Gasteiger charge is -2.32. The molecule has 1 fully saturated rings. The highest BCUT2D eigenvalue weighted by atomic mass is 35.5. The molecule has 4 aromatic carbocycles. The normalized spacial score (nSPS) is 13.7. The molecule has 1 saturated heterocycles. The number of benzene rings is 4. The molecule has 0 unspecified atom stereocenters. The highest BCUT2D eigenvalue weighted by Crippen LogP contribution is 2.30. The summed E-state index contributed by atoms with van der Waals surface area (Å²) < 4.78 is 14.3. The first kappa shape index (κ1) is 29.5. The lowest BCUT2D eigenvalue weighted by Crippen LogP contribution is -2.37. The van der Waals surface area contributed by atoms with Gasteiger partial charge in [-0.2, -0.15) is 0 Å². The van der Waals surface area contributed by atoms with E-state index in [1.807, 2.05) is 35.2 Å². The molecular weight excluding hydrogens is 577 g/mol. The summed E-state index contributed by atoms with van der Waals surface area (Å²) in [7, 11) is 0. The van der Waals surface area contributed by atoms with Crippen molar-refractivity contribution in [3.8, 4) is 11.3 Å². The van der Waals surface area contributed by atoms with Crippen molar-refractivity contribution in [1.29, 1.82) is 0 Å². The number of hydrogen-bond acceptors (Lipinski definition) is 4. The van der Waals surface area contributed by atoms with Gasteiger partial charge in [0.25, 0.3) is 5.91 Å². The van der Waals surface area contributed by atoms with E-state index in [0.717, 1.165) is 18.4 Å². The summed E-state index contributed by atoms with van der Waals surface area (Å²) in [5.74, 6) is -1.06. The number of carbonyl (C=O) groups is 2. The maximum atomic E-state index is 14.3. The van der Waals surface area contributed by atoms with Crippen LogP contribution in [-0.2, 0) is 24.1 Å². The van der Waals surface area contributed by atoms with Gasteiger partial charge in [0, 0.05) is 29.2 Å². The van der Waals surface area contributed by atoms with Gasteiger partial charge in [-0.05, 0) is 90.8 Å². The van der Waals surface area contributed by atoms with Crippen molar-refractivity contribution in [2.45, 2.75) is 38.0 Å². The number of hydrogen-bond donors (Lipinski definition) is 1. The predicted molar refractivity (Wildman–Crippen MR) is 169 cm³/mol. The number of nitrogens with zero attached hydrogens (tertiary/aromatic N) is 3. The van der Waals surface area contributed by atoms with Crippen LogP contribution >= 0.6 is 11.6 Å². The Morgan fingerprint density at radius 3 is 2.30 bits per heavy atom. The van der Waals surface area contributed by atoms with Gasteiger partial charge in [-0.1, -0.05) is 60.1 Å². The standard InChI is InChI=1S/C36H31ClFN3O3/c37-29-10-7-27(8-11-29)35-32(12-6-23-18-24(21-34(42)43)20-30(38)19-23)39-33-22-28(9-13-31(33)40-35)36(44)41-16-14-26(15-17-41)25-4-2-1-3-5-25/h1-5,7-11,13,18-20,22,26H,6,12,14-17,21H2,(H,42,43). The van der Waals surface area contributed by atoms with Gasteiger partial charge >= 0.3 is 5.97 Å². The smallest absolute Gasteiger partial charge is 0.307 e. The maximum Gasteiger partial charge on any atom is 0.307 e. The van der Waals surface area contributed by atoms with Crippen LogP contribution in [0, 0.1) is 5.82 Å². The van der Waals surface area contributed by atoms with Crippen LogP contribution in [0.4, 0.5) is 4.39 Å². The summed E-state index contributed by atoms with van der Waals surface area (Å²) >= 11 is 6.14. The van der Waals surface area contributed by atoms with E-state index >= 15 is 0 Å². The van der Waals surface area contributed by atoms with Crippen molar-refractivity contribution in [1.82, 2.24) is 14.9 Å². The largest absolute Gasteiger partial charge is 0.481 e. The number of aryl methyl sites for hydroxylation is 2.